The second kappa shape index (κ2) is 7.07. The highest BCUT2D eigenvalue weighted by atomic mass is 35.5. The monoisotopic (exact) mass is 266 g/mol. The number of nitrogens with one attached hydrogen (secondary N) is 1. The molecule has 2 nitrogen and oxygen atoms in total. The van der Waals surface area contributed by atoms with Gasteiger partial charge in [-0.3, -0.25) is 0 Å². The maximum absolute atomic E-state index is 13.0. The third-order valence-electron chi connectivity index (χ3n) is 2.70. The van der Waals surface area contributed by atoms with E-state index in [1.54, 1.807) is 12.1 Å². The minimum absolute atomic E-state index is 0. The van der Waals surface area contributed by atoms with E-state index in [2.05, 4.69) is 5.32 Å². The topological polar surface area (TPSA) is 38.0 Å². The molecule has 0 saturated carbocycles. The van der Waals surface area contributed by atoms with Crippen LogP contribution in [-0.2, 0) is 0 Å². The number of hydrogen-bond acceptors (Lipinski definition) is 2. The first-order valence-corrected chi connectivity index (χ1v) is 5.00. The van der Waals surface area contributed by atoms with Crippen LogP contribution in [0.25, 0.3) is 0 Å². The van der Waals surface area contributed by atoms with E-state index in [0.717, 1.165) is 24.9 Å². The molecule has 1 aliphatic rings. The third-order valence-corrected chi connectivity index (χ3v) is 2.70. The summed E-state index contributed by atoms with van der Waals surface area (Å²) >= 11 is 0. The first-order chi connectivity index (χ1) is 6.75. The van der Waals surface area contributed by atoms with Crippen molar-refractivity contribution >= 4 is 24.8 Å². The molecule has 1 aromatic carbocycles. The maximum atomic E-state index is 13.0. The van der Waals surface area contributed by atoms with E-state index in [1.165, 1.54) is 6.07 Å². The molecule has 92 valence electrons. The molecule has 5 heteroatoms. The molecule has 0 aliphatic carbocycles. The maximum Gasteiger partial charge on any atom is 0.123 e. The Kier molecular flexibility index (Phi) is 6.91. The van der Waals surface area contributed by atoms with Gasteiger partial charge in [0.1, 0.15) is 5.82 Å². The van der Waals surface area contributed by atoms with Crippen molar-refractivity contribution in [2.24, 2.45) is 5.73 Å². The lowest BCUT2D eigenvalue weighted by Crippen LogP contribution is -2.38. The van der Waals surface area contributed by atoms with Crippen LogP contribution in [0.3, 0.4) is 0 Å². The molecule has 0 aromatic heterocycles. The summed E-state index contributed by atoms with van der Waals surface area (Å²) in [6, 6.07) is 7.19. The van der Waals surface area contributed by atoms with Gasteiger partial charge in [0, 0.05) is 12.1 Å². The molecule has 1 aliphatic heterocycles. The zero-order valence-corrected chi connectivity index (χ0v) is 10.5. The van der Waals surface area contributed by atoms with Crippen molar-refractivity contribution in [3.05, 3.63) is 35.6 Å². The number of piperidine rings is 1. The minimum Gasteiger partial charge on any atom is -0.328 e. The van der Waals surface area contributed by atoms with Gasteiger partial charge in [-0.2, -0.15) is 0 Å². The first-order valence-electron chi connectivity index (χ1n) is 5.00. The van der Waals surface area contributed by atoms with Crippen LogP contribution in [0.1, 0.15) is 24.4 Å². The summed E-state index contributed by atoms with van der Waals surface area (Å²) in [4.78, 5) is 0. The quantitative estimate of drug-likeness (QED) is 0.820. The van der Waals surface area contributed by atoms with Gasteiger partial charge in [-0.15, -0.1) is 24.8 Å². The van der Waals surface area contributed by atoms with Crippen LogP contribution in [-0.4, -0.2) is 12.6 Å². The van der Waals surface area contributed by atoms with Crippen LogP contribution in [0.2, 0.25) is 0 Å². The lowest BCUT2D eigenvalue weighted by atomic mass is 9.94. The smallest absolute Gasteiger partial charge is 0.123 e. The molecule has 2 unspecified atom stereocenters. The number of rotatable bonds is 1. The number of nitrogens with two attached hydrogens (primary N) is 1. The van der Waals surface area contributed by atoms with Gasteiger partial charge in [-0.25, -0.2) is 4.39 Å². The molecule has 2 rings (SSSR count). The zero-order valence-electron chi connectivity index (χ0n) is 8.86. The highest BCUT2D eigenvalue weighted by Gasteiger charge is 2.19. The Morgan fingerprint density at radius 3 is 2.69 bits per heavy atom. The van der Waals surface area contributed by atoms with Gasteiger partial charge >= 0.3 is 0 Å². The normalized spacial score (nSPS) is 24.1. The van der Waals surface area contributed by atoms with Crippen LogP contribution in [0.15, 0.2) is 24.3 Å². The molecule has 16 heavy (non-hydrogen) atoms. The van der Waals surface area contributed by atoms with Crippen LogP contribution >= 0.6 is 24.8 Å². The van der Waals surface area contributed by atoms with E-state index in [-0.39, 0.29) is 42.7 Å². The highest BCUT2D eigenvalue weighted by molar-refractivity contribution is 5.85. The van der Waals surface area contributed by atoms with E-state index < -0.39 is 0 Å². The van der Waals surface area contributed by atoms with Crippen molar-refractivity contribution in [2.75, 3.05) is 6.54 Å². The van der Waals surface area contributed by atoms with E-state index in [9.17, 15) is 4.39 Å². The summed E-state index contributed by atoms with van der Waals surface area (Å²) in [5.74, 6) is -0.177. The van der Waals surface area contributed by atoms with Crippen molar-refractivity contribution in [2.45, 2.75) is 24.9 Å². The lowest BCUT2D eigenvalue weighted by Gasteiger charge is -2.28. The third kappa shape index (κ3) is 3.91. The van der Waals surface area contributed by atoms with E-state index in [0.29, 0.717) is 0 Å². The van der Waals surface area contributed by atoms with Gasteiger partial charge in [-0.05, 0) is 37.1 Å². The van der Waals surface area contributed by atoms with Gasteiger partial charge in [0.25, 0.3) is 0 Å². The van der Waals surface area contributed by atoms with Crippen LogP contribution in [0.4, 0.5) is 4.39 Å². The molecule has 1 heterocycles. The number of benzene rings is 1. The summed E-state index contributed by atoms with van der Waals surface area (Å²) < 4.78 is 13.0. The molecule has 0 spiro atoms. The molecule has 0 bridgehead atoms. The molecule has 1 aromatic rings. The summed E-state index contributed by atoms with van der Waals surface area (Å²) in [6.07, 6.45) is 1.90. The Labute approximate surface area is 108 Å². The highest BCUT2D eigenvalue weighted by Crippen LogP contribution is 2.22. The Hall–Kier alpha value is -0.350. The van der Waals surface area contributed by atoms with Crippen molar-refractivity contribution in [1.82, 2.24) is 5.32 Å². The van der Waals surface area contributed by atoms with Crippen molar-refractivity contribution in [1.29, 1.82) is 0 Å². The zero-order chi connectivity index (χ0) is 9.97. The largest absolute Gasteiger partial charge is 0.328 e. The molecule has 0 radical (unpaired) electrons. The standard InChI is InChI=1S/C11H15FN2.2ClH/c12-9-3-1-2-8(6-9)11-7-10(13)4-5-14-11;;/h1-3,6,10-11,14H,4-5,7,13H2;2*1H. The summed E-state index contributed by atoms with van der Waals surface area (Å²) in [7, 11) is 0. The van der Waals surface area contributed by atoms with Gasteiger partial charge in [0.15, 0.2) is 0 Å². The van der Waals surface area contributed by atoms with E-state index in [4.69, 9.17) is 5.73 Å². The molecule has 3 N–H and O–H groups in total. The Balaban J connectivity index is 0.00000112. The van der Waals surface area contributed by atoms with Crippen molar-refractivity contribution in [3.8, 4) is 0 Å². The summed E-state index contributed by atoms with van der Waals surface area (Å²) in [5.41, 5.74) is 6.87. The Bertz CT molecular complexity index is 323. The molecule has 2 atom stereocenters. The van der Waals surface area contributed by atoms with Crippen molar-refractivity contribution < 1.29 is 4.39 Å². The molecule has 0 amide bonds. The SMILES string of the molecule is Cl.Cl.NC1CCNC(c2cccc(F)c2)C1. The molecule has 1 fully saturated rings. The fourth-order valence-corrected chi connectivity index (χ4v) is 1.92. The predicted molar refractivity (Wildman–Crippen MR) is 68.8 cm³/mol. The Morgan fingerprint density at radius 2 is 2.06 bits per heavy atom. The summed E-state index contributed by atoms with van der Waals surface area (Å²) in [6.45, 7) is 0.919. The van der Waals surface area contributed by atoms with Gasteiger partial charge in [-0.1, -0.05) is 12.1 Å². The minimum atomic E-state index is -0.177. The van der Waals surface area contributed by atoms with Crippen LogP contribution in [0.5, 0.6) is 0 Å². The first kappa shape index (κ1) is 15.7. The Morgan fingerprint density at radius 1 is 1.31 bits per heavy atom. The van der Waals surface area contributed by atoms with Crippen LogP contribution < -0.4 is 11.1 Å². The van der Waals surface area contributed by atoms with E-state index in [1.807, 2.05) is 6.07 Å². The average molecular weight is 267 g/mol. The van der Waals surface area contributed by atoms with Crippen LogP contribution in [0, 0.1) is 5.82 Å². The molecule has 1 saturated heterocycles. The molecular formula is C11H17Cl2FN2. The fourth-order valence-electron chi connectivity index (χ4n) is 1.92. The predicted octanol–water partition coefficient (Wildman–Crippen LogP) is 2.42. The second-order valence-corrected chi connectivity index (χ2v) is 3.85. The lowest BCUT2D eigenvalue weighted by molar-refractivity contribution is 0.368. The van der Waals surface area contributed by atoms with E-state index >= 15 is 0 Å². The van der Waals surface area contributed by atoms with Gasteiger partial charge in [0.05, 0.1) is 0 Å². The fraction of sp³-hybridized carbons (Fsp3) is 0.455. The second-order valence-electron chi connectivity index (χ2n) is 3.85. The average Bonchev–Trinajstić information content (AvgIpc) is 2.18. The number of halogens is 3. The van der Waals surface area contributed by atoms with Gasteiger partial charge < -0.3 is 11.1 Å². The molecular weight excluding hydrogens is 250 g/mol. The summed E-state index contributed by atoms with van der Waals surface area (Å²) in [5, 5.41) is 3.35. The van der Waals surface area contributed by atoms with Gasteiger partial charge in [0.2, 0.25) is 0 Å². The number of hydrogen-bond donors (Lipinski definition) is 2. The van der Waals surface area contributed by atoms with Crippen molar-refractivity contribution in [3.63, 3.8) is 0 Å².